The van der Waals surface area contributed by atoms with E-state index in [0.717, 1.165) is 0 Å². The lowest BCUT2D eigenvalue weighted by molar-refractivity contribution is 0.645. The van der Waals surface area contributed by atoms with E-state index in [0.29, 0.717) is 21.3 Å². The van der Waals surface area contributed by atoms with Crippen LogP contribution in [0, 0.1) is 0 Å². The lowest BCUT2D eigenvalue weighted by Crippen LogP contribution is -2.23. The summed E-state index contributed by atoms with van der Waals surface area (Å²) in [6.45, 7) is 0.112. The number of hydrogen-bond acceptors (Lipinski definition) is 5. The average Bonchev–Trinajstić information content (AvgIpc) is 3.07. The summed E-state index contributed by atoms with van der Waals surface area (Å²) in [7, 11) is 0. The van der Waals surface area contributed by atoms with Gasteiger partial charge < -0.3 is 0 Å². The van der Waals surface area contributed by atoms with Crippen LogP contribution in [0.4, 0.5) is 0 Å². The second-order valence-corrected chi connectivity index (χ2v) is 5.91. The molecule has 0 fully saturated rings. The average molecular weight is 334 g/mol. The van der Waals surface area contributed by atoms with Gasteiger partial charge in [-0.25, -0.2) is 18.9 Å². The van der Waals surface area contributed by atoms with Gasteiger partial charge in [0, 0.05) is 23.8 Å². The van der Waals surface area contributed by atoms with Crippen LogP contribution in [0.15, 0.2) is 45.6 Å². The maximum Gasteiger partial charge on any atom is 0.350 e. The first-order valence-electron chi connectivity index (χ1n) is 6.33. The van der Waals surface area contributed by atoms with E-state index < -0.39 is 0 Å². The van der Waals surface area contributed by atoms with E-state index in [-0.39, 0.29) is 17.8 Å². The third-order valence-electron chi connectivity index (χ3n) is 3.23. The predicted octanol–water partition coefficient (Wildman–Crippen LogP) is 1.27. The lowest BCUT2D eigenvalue weighted by Gasteiger charge is -1.99. The van der Waals surface area contributed by atoms with E-state index in [4.69, 9.17) is 11.6 Å². The Morgan fingerprint density at radius 2 is 2.09 bits per heavy atom. The van der Waals surface area contributed by atoms with Gasteiger partial charge in [0.25, 0.3) is 5.56 Å². The van der Waals surface area contributed by atoms with Gasteiger partial charge in [-0.2, -0.15) is 0 Å². The van der Waals surface area contributed by atoms with Crippen molar-refractivity contribution in [2.75, 3.05) is 0 Å². The molecule has 0 N–H and O–H groups in total. The summed E-state index contributed by atoms with van der Waals surface area (Å²) in [5, 5.41) is 6.37. The van der Waals surface area contributed by atoms with Crippen LogP contribution >= 0.6 is 22.9 Å². The van der Waals surface area contributed by atoms with Crippen LogP contribution in [0.2, 0.25) is 5.02 Å². The Balaban J connectivity index is 1.85. The third kappa shape index (κ3) is 1.96. The van der Waals surface area contributed by atoms with Crippen molar-refractivity contribution >= 4 is 33.5 Å². The molecule has 4 heterocycles. The molecule has 0 bridgehead atoms. The second-order valence-electron chi connectivity index (χ2n) is 4.63. The van der Waals surface area contributed by atoms with E-state index in [2.05, 4.69) is 10.1 Å². The molecule has 0 spiro atoms. The molecule has 22 heavy (non-hydrogen) atoms. The van der Waals surface area contributed by atoms with Gasteiger partial charge >= 0.3 is 5.69 Å². The van der Waals surface area contributed by atoms with Crippen molar-refractivity contribution in [2.24, 2.45) is 0 Å². The van der Waals surface area contributed by atoms with Gasteiger partial charge in [0.15, 0.2) is 10.6 Å². The maximum atomic E-state index is 12.3. The normalized spacial score (nSPS) is 11.5. The van der Waals surface area contributed by atoms with Gasteiger partial charge in [-0.3, -0.25) is 9.20 Å². The summed E-state index contributed by atoms with van der Waals surface area (Å²) in [6, 6.07) is 4.74. The molecule has 4 aromatic heterocycles. The van der Waals surface area contributed by atoms with E-state index >= 15 is 0 Å². The number of fused-ring (bicyclic) bond motifs is 2. The van der Waals surface area contributed by atoms with Crippen LogP contribution in [-0.2, 0) is 6.54 Å². The molecule has 0 amide bonds. The Kier molecular flexibility index (Phi) is 2.88. The minimum atomic E-state index is -0.328. The number of hydrogen-bond donors (Lipinski definition) is 0. The van der Waals surface area contributed by atoms with Gasteiger partial charge in [0.1, 0.15) is 0 Å². The molecular weight excluding hydrogens is 326 g/mol. The van der Waals surface area contributed by atoms with E-state index in [1.807, 2.05) is 0 Å². The van der Waals surface area contributed by atoms with Gasteiger partial charge in [-0.15, -0.1) is 16.4 Å². The van der Waals surface area contributed by atoms with Crippen LogP contribution in [0.25, 0.3) is 10.6 Å². The topological polar surface area (TPSA) is 73.7 Å². The fourth-order valence-corrected chi connectivity index (χ4v) is 3.17. The summed E-state index contributed by atoms with van der Waals surface area (Å²) >= 11 is 7.39. The first-order valence-corrected chi connectivity index (χ1v) is 7.59. The standard InChI is InChI=1S/C13H8ClN5O2S/c14-9-2-1-3-18-11(9)16-19(13(18)21)7-8-6-10(20)17-4-5-22-12(17)15-8/h1-6H,7H2. The first kappa shape index (κ1) is 13.2. The van der Waals surface area contributed by atoms with E-state index in [9.17, 15) is 9.59 Å². The zero-order valence-corrected chi connectivity index (χ0v) is 12.6. The molecule has 4 aromatic rings. The zero-order valence-electron chi connectivity index (χ0n) is 11.0. The molecular formula is C13H8ClN5O2S. The molecule has 0 aliphatic heterocycles. The van der Waals surface area contributed by atoms with Crippen molar-refractivity contribution in [3.05, 3.63) is 67.5 Å². The molecule has 0 aliphatic rings. The maximum absolute atomic E-state index is 12.3. The van der Waals surface area contributed by atoms with Crippen molar-refractivity contribution in [3.63, 3.8) is 0 Å². The van der Waals surface area contributed by atoms with Crippen molar-refractivity contribution in [2.45, 2.75) is 6.54 Å². The fourth-order valence-electron chi connectivity index (χ4n) is 2.23. The van der Waals surface area contributed by atoms with Crippen molar-refractivity contribution in [1.82, 2.24) is 23.6 Å². The number of nitrogens with zero attached hydrogens (tertiary/aromatic N) is 5. The monoisotopic (exact) mass is 333 g/mol. The van der Waals surface area contributed by atoms with Crippen LogP contribution in [0.1, 0.15) is 5.69 Å². The number of halogens is 1. The number of rotatable bonds is 2. The minimum Gasteiger partial charge on any atom is -0.269 e. The Labute approximate surface area is 131 Å². The Bertz CT molecular complexity index is 1120. The molecule has 4 rings (SSSR count). The SMILES string of the molecule is O=c1cc(Cn2nc3c(Cl)cccn3c2=O)nc2sccn12. The van der Waals surface area contributed by atoms with Crippen molar-refractivity contribution in [1.29, 1.82) is 0 Å². The Hall–Kier alpha value is -2.45. The number of thiazole rings is 1. The van der Waals surface area contributed by atoms with Crippen molar-refractivity contribution in [3.8, 4) is 0 Å². The largest absolute Gasteiger partial charge is 0.350 e. The van der Waals surface area contributed by atoms with E-state index in [1.165, 1.54) is 30.9 Å². The van der Waals surface area contributed by atoms with Crippen LogP contribution in [-0.4, -0.2) is 23.6 Å². The van der Waals surface area contributed by atoms with Crippen LogP contribution in [0.3, 0.4) is 0 Å². The highest BCUT2D eigenvalue weighted by atomic mass is 35.5. The van der Waals surface area contributed by atoms with E-state index in [1.54, 1.807) is 29.9 Å². The lowest BCUT2D eigenvalue weighted by atomic mass is 10.4. The number of pyridine rings is 1. The van der Waals surface area contributed by atoms with Gasteiger partial charge in [0.05, 0.1) is 17.3 Å². The Morgan fingerprint density at radius 1 is 1.23 bits per heavy atom. The summed E-state index contributed by atoms with van der Waals surface area (Å²) in [5.74, 6) is 0. The summed E-state index contributed by atoms with van der Waals surface area (Å²) < 4.78 is 4.06. The summed E-state index contributed by atoms with van der Waals surface area (Å²) in [6.07, 6.45) is 3.26. The molecule has 0 radical (unpaired) electrons. The number of aromatic nitrogens is 5. The van der Waals surface area contributed by atoms with Gasteiger partial charge in [-0.05, 0) is 12.1 Å². The predicted molar refractivity (Wildman–Crippen MR) is 82.9 cm³/mol. The molecule has 9 heteroatoms. The fraction of sp³-hybridized carbons (Fsp3) is 0.0769. The molecule has 0 saturated heterocycles. The molecule has 7 nitrogen and oxygen atoms in total. The highest BCUT2D eigenvalue weighted by molar-refractivity contribution is 7.15. The minimum absolute atomic E-state index is 0.112. The molecule has 0 saturated carbocycles. The zero-order chi connectivity index (χ0) is 15.3. The summed E-state index contributed by atoms with van der Waals surface area (Å²) in [5.41, 5.74) is 0.346. The Morgan fingerprint density at radius 3 is 2.91 bits per heavy atom. The quantitative estimate of drug-likeness (QED) is 0.553. The molecule has 0 aliphatic carbocycles. The molecule has 0 unspecified atom stereocenters. The van der Waals surface area contributed by atoms with Crippen LogP contribution in [0.5, 0.6) is 0 Å². The third-order valence-corrected chi connectivity index (χ3v) is 4.28. The van der Waals surface area contributed by atoms with Gasteiger partial charge in [0.2, 0.25) is 0 Å². The first-order chi connectivity index (χ1) is 10.6. The van der Waals surface area contributed by atoms with Crippen molar-refractivity contribution < 1.29 is 0 Å². The second kappa shape index (κ2) is 4.79. The highest BCUT2D eigenvalue weighted by Crippen LogP contribution is 2.13. The van der Waals surface area contributed by atoms with Crippen LogP contribution < -0.4 is 11.2 Å². The molecule has 0 aromatic carbocycles. The summed E-state index contributed by atoms with van der Waals surface area (Å²) in [4.78, 5) is 29.2. The van der Waals surface area contributed by atoms with Gasteiger partial charge in [-0.1, -0.05) is 11.6 Å². The molecule has 0 atom stereocenters. The highest BCUT2D eigenvalue weighted by Gasteiger charge is 2.11. The molecule has 110 valence electrons. The smallest absolute Gasteiger partial charge is 0.269 e.